The van der Waals surface area contributed by atoms with E-state index in [4.69, 9.17) is 15.2 Å². The number of sulfonamides is 1. The molecule has 146 valence electrons. The summed E-state index contributed by atoms with van der Waals surface area (Å²) in [4.78, 5) is 12.5. The van der Waals surface area contributed by atoms with Crippen LogP contribution in [-0.4, -0.2) is 34.6 Å². The van der Waals surface area contributed by atoms with Gasteiger partial charge in [-0.3, -0.25) is 4.79 Å². The molecule has 27 heavy (non-hydrogen) atoms. The molecular formula is C18H23N3O5S. The van der Waals surface area contributed by atoms with Crippen LogP contribution in [0.1, 0.15) is 24.2 Å². The Bertz CT molecular complexity index is 942. The van der Waals surface area contributed by atoms with Crippen LogP contribution in [0.15, 0.2) is 41.3 Å². The summed E-state index contributed by atoms with van der Waals surface area (Å²) < 4.78 is 37.8. The first-order chi connectivity index (χ1) is 12.7. The normalized spacial score (nSPS) is 11.3. The monoisotopic (exact) mass is 393 g/mol. The molecule has 1 amide bonds. The van der Waals surface area contributed by atoms with Crippen LogP contribution in [0.5, 0.6) is 11.5 Å². The van der Waals surface area contributed by atoms with Gasteiger partial charge in [-0.25, -0.2) is 13.1 Å². The van der Waals surface area contributed by atoms with E-state index in [1.165, 1.54) is 32.4 Å². The highest BCUT2D eigenvalue weighted by atomic mass is 32.2. The number of carbonyl (C=O) groups excluding carboxylic acids is 1. The fourth-order valence-electron chi connectivity index (χ4n) is 2.37. The van der Waals surface area contributed by atoms with Crippen LogP contribution in [0.25, 0.3) is 0 Å². The molecule has 0 saturated heterocycles. The summed E-state index contributed by atoms with van der Waals surface area (Å²) in [5, 5.41) is 2.66. The lowest BCUT2D eigenvalue weighted by Gasteiger charge is -2.14. The molecule has 0 saturated carbocycles. The standard InChI is InChI=1S/C18H23N3O5S/c1-11(2)21-27(23,24)17-9-12(5-8-16(17)26-4)18(22)20-15-10-13(25-3)6-7-14(15)19/h5-11,21H,19H2,1-4H3,(H,20,22). The molecule has 4 N–H and O–H groups in total. The molecule has 0 radical (unpaired) electrons. The van der Waals surface area contributed by atoms with Gasteiger partial charge >= 0.3 is 0 Å². The first kappa shape index (κ1) is 20.5. The minimum Gasteiger partial charge on any atom is -0.497 e. The van der Waals surface area contributed by atoms with Crippen molar-refractivity contribution in [2.24, 2.45) is 0 Å². The zero-order chi connectivity index (χ0) is 20.2. The maximum absolute atomic E-state index is 12.6. The smallest absolute Gasteiger partial charge is 0.255 e. The fraction of sp³-hybridized carbons (Fsp3) is 0.278. The van der Waals surface area contributed by atoms with Gasteiger partial charge in [-0.1, -0.05) is 0 Å². The molecule has 0 spiro atoms. The molecule has 0 aromatic heterocycles. The second kappa shape index (κ2) is 8.28. The number of benzene rings is 2. The maximum Gasteiger partial charge on any atom is 0.255 e. The Morgan fingerprint density at radius 2 is 1.78 bits per heavy atom. The van der Waals surface area contributed by atoms with E-state index in [9.17, 15) is 13.2 Å². The van der Waals surface area contributed by atoms with Gasteiger partial charge < -0.3 is 20.5 Å². The fourth-order valence-corrected chi connectivity index (χ4v) is 3.81. The Morgan fingerprint density at radius 3 is 2.37 bits per heavy atom. The van der Waals surface area contributed by atoms with Crippen LogP contribution >= 0.6 is 0 Å². The first-order valence-electron chi connectivity index (χ1n) is 8.13. The van der Waals surface area contributed by atoms with E-state index >= 15 is 0 Å². The third kappa shape index (κ3) is 4.89. The van der Waals surface area contributed by atoms with Crippen molar-refractivity contribution in [1.82, 2.24) is 4.72 Å². The molecule has 0 aliphatic carbocycles. The van der Waals surface area contributed by atoms with Crippen molar-refractivity contribution in [3.05, 3.63) is 42.0 Å². The molecule has 0 atom stereocenters. The van der Waals surface area contributed by atoms with Crippen LogP contribution in [0.2, 0.25) is 0 Å². The van der Waals surface area contributed by atoms with Crippen molar-refractivity contribution in [1.29, 1.82) is 0 Å². The number of hydrogen-bond donors (Lipinski definition) is 3. The lowest BCUT2D eigenvalue weighted by molar-refractivity contribution is 0.102. The van der Waals surface area contributed by atoms with Crippen LogP contribution in [0.3, 0.4) is 0 Å². The second-order valence-electron chi connectivity index (χ2n) is 6.05. The molecule has 0 heterocycles. The molecule has 9 heteroatoms. The molecule has 8 nitrogen and oxygen atoms in total. The molecule has 0 fully saturated rings. The molecule has 2 aromatic rings. The minimum absolute atomic E-state index is 0.120. The zero-order valence-electron chi connectivity index (χ0n) is 15.6. The highest BCUT2D eigenvalue weighted by molar-refractivity contribution is 7.89. The molecule has 0 unspecified atom stereocenters. The highest BCUT2D eigenvalue weighted by Crippen LogP contribution is 2.27. The van der Waals surface area contributed by atoms with Crippen molar-refractivity contribution < 1.29 is 22.7 Å². The third-order valence-corrected chi connectivity index (χ3v) is 5.29. The number of amides is 1. The predicted molar refractivity (Wildman–Crippen MR) is 104 cm³/mol. The van der Waals surface area contributed by atoms with Gasteiger partial charge in [0.1, 0.15) is 16.4 Å². The van der Waals surface area contributed by atoms with Crippen molar-refractivity contribution in [3.8, 4) is 11.5 Å². The molecule has 0 aliphatic heterocycles. The largest absolute Gasteiger partial charge is 0.497 e. The molecular weight excluding hydrogens is 370 g/mol. The number of anilines is 2. The summed E-state index contributed by atoms with van der Waals surface area (Å²) in [6, 6.07) is 8.70. The van der Waals surface area contributed by atoms with E-state index in [0.29, 0.717) is 17.1 Å². The van der Waals surface area contributed by atoms with Crippen LogP contribution in [0.4, 0.5) is 11.4 Å². The number of methoxy groups -OCH3 is 2. The lowest BCUT2D eigenvalue weighted by Crippen LogP contribution is -2.30. The number of nitrogens with one attached hydrogen (secondary N) is 2. The van der Waals surface area contributed by atoms with Gasteiger partial charge in [0.15, 0.2) is 0 Å². The van der Waals surface area contributed by atoms with Crippen molar-refractivity contribution >= 4 is 27.3 Å². The molecule has 0 aliphatic rings. The minimum atomic E-state index is -3.85. The van der Waals surface area contributed by atoms with Crippen molar-refractivity contribution in [2.75, 3.05) is 25.3 Å². The molecule has 2 rings (SSSR count). The van der Waals surface area contributed by atoms with Gasteiger partial charge in [-0.2, -0.15) is 0 Å². The SMILES string of the molecule is COc1ccc(N)c(NC(=O)c2ccc(OC)c(S(=O)(=O)NC(C)C)c2)c1. The Kier molecular flexibility index (Phi) is 6.29. The predicted octanol–water partition coefficient (Wildman–Crippen LogP) is 2.22. The van der Waals surface area contributed by atoms with E-state index in [0.717, 1.165) is 0 Å². The van der Waals surface area contributed by atoms with E-state index in [-0.39, 0.29) is 22.3 Å². The van der Waals surface area contributed by atoms with E-state index < -0.39 is 15.9 Å². The van der Waals surface area contributed by atoms with E-state index in [1.807, 2.05) is 0 Å². The van der Waals surface area contributed by atoms with E-state index in [1.54, 1.807) is 32.0 Å². The summed E-state index contributed by atoms with van der Waals surface area (Å²) in [7, 11) is -0.989. The summed E-state index contributed by atoms with van der Waals surface area (Å²) in [6.07, 6.45) is 0. The number of ether oxygens (including phenoxy) is 2. The summed E-state index contributed by atoms with van der Waals surface area (Å²) >= 11 is 0. The Hall–Kier alpha value is -2.78. The summed E-state index contributed by atoms with van der Waals surface area (Å²) in [5.74, 6) is 0.151. The van der Waals surface area contributed by atoms with Crippen LogP contribution in [-0.2, 0) is 10.0 Å². The van der Waals surface area contributed by atoms with Crippen molar-refractivity contribution in [2.45, 2.75) is 24.8 Å². The summed E-state index contributed by atoms with van der Waals surface area (Å²) in [6.45, 7) is 3.40. The zero-order valence-corrected chi connectivity index (χ0v) is 16.4. The van der Waals surface area contributed by atoms with Gasteiger partial charge in [-0.05, 0) is 44.2 Å². The van der Waals surface area contributed by atoms with Gasteiger partial charge in [0.25, 0.3) is 5.91 Å². The second-order valence-corrected chi connectivity index (χ2v) is 7.73. The number of hydrogen-bond acceptors (Lipinski definition) is 6. The highest BCUT2D eigenvalue weighted by Gasteiger charge is 2.22. The third-order valence-electron chi connectivity index (χ3n) is 3.61. The number of nitrogens with two attached hydrogens (primary N) is 1. The maximum atomic E-state index is 12.6. The lowest BCUT2D eigenvalue weighted by atomic mass is 10.2. The first-order valence-corrected chi connectivity index (χ1v) is 9.61. The molecule has 0 bridgehead atoms. The number of carbonyl (C=O) groups is 1. The van der Waals surface area contributed by atoms with Crippen LogP contribution in [0, 0.1) is 0 Å². The Balaban J connectivity index is 2.39. The quantitative estimate of drug-likeness (QED) is 0.621. The number of rotatable bonds is 7. The average Bonchev–Trinajstić information content (AvgIpc) is 2.61. The Morgan fingerprint density at radius 1 is 1.07 bits per heavy atom. The van der Waals surface area contributed by atoms with Gasteiger partial charge in [-0.15, -0.1) is 0 Å². The topological polar surface area (TPSA) is 120 Å². The summed E-state index contributed by atoms with van der Waals surface area (Å²) in [5.41, 5.74) is 6.73. The average molecular weight is 393 g/mol. The van der Waals surface area contributed by atoms with Gasteiger partial charge in [0.05, 0.1) is 25.6 Å². The number of nitrogen functional groups attached to an aromatic ring is 1. The van der Waals surface area contributed by atoms with Gasteiger partial charge in [0, 0.05) is 17.7 Å². The Labute approximate surface area is 158 Å². The van der Waals surface area contributed by atoms with Crippen molar-refractivity contribution in [3.63, 3.8) is 0 Å². The van der Waals surface area contributed by atoms with Gasteiger partial charge in [0.2, 0.25) is 10.0 Å². The van der Waals surface area contributed by atoms with Crippen LogP contribution < -0.4 is 25.2 Å². The molecule has 2 aromatic carbocycles. The van der Waals surface area contributed by atoms with E-state index in [2.05, 4.69) is 10.0 Å².